The lowest BCUT2D eigenvalue weighted by atomic mass is 9.97. The molecule has 1 aliphatic heterocycles. The molecule has 2 N–H and O–H groups in total. The summed E-state index contributed by atoms with van der Waals surface area (Å²) in [4.78, 5) is 7.37. The fourth-order valence-electron chi connectivity index (χ4n) is 2.62. The van der Waals surface area contributed by atoms with Crippen LogP contribution in [0.2, 0.25) is 0 Å². The summed E-state index contributed by atoms with van der Waals surface area (Å²) >= 11 is 0. The summed E-state index contributed by atoms with van der Waals surface area (Å²) in [5.41, 5.74) is 4.14. The highest BCUT2D eigenvalue weighted by Crippen LogP contribution is 2.33. The number of rotatable bonds is 3. The maximum atomic E-state index is 5.28. The lowest BCUT2D eigenvalue weighted by Crippen LogP contribution is -2.26. The lowest BCUT2D eigenvalue weighted by molar-refractivity contribution is 0.0690. The van der Waals surface area contributed by atoms with Crippen molar-refractivity contribution in [3.05, 3.63) is 29.3 Å². The first-order valence-corrected chi connectivity index (χ1v) is 6.33. The summed E-state index contributed by atoms with van der Waals surface area (Å²) in [6, 6.07) is 6.54. The van der Waals surface area contributed by atoms with Crippen LogP contribution in [0, 0.1) is 6.92 Å². The normalized spacial score (nSPS) is 20.3. The lowest BCUT2D eigenvalue weighted by Gasteiger charge is -2.25. The van der Waals surface area contributed by atoms with Crippen LogP contribution in [-0.2, 0) is 4.84 Å². The van der Waals surface area contributed by atoms with E-state index in [2.05, 4.69) is 43.9 Å². The molecule has 2 rings (SSSR count). The summed E-state index contributed by atoms with van der Waals surface area (Å²) in [6.45, 7) is 8.60. The van der Waals surface area contributed by atoms with Gasteiger partial charge in [0.1, 0.15) is 0 Å². The van der Waals surface area contributed by atoms with Crippen molar-refractivity contribution in [2.75, 3.05) is 18.0 Å². The van der Waals surface area contributed by atoms with Crippen LogP contribution in [0.15, 0.2) is 18.2 Å². The van der Waals surface area contributed by atoms with Crippen LogP contribution < -0.4 is 10.8 Å². The van der Waals surface area contributed by atoms with Gasteiger partial charge < -0.3 is 4.90 Å². The van der Waals surface area contributed by atoms with Gasteiger partial charge in [-0.1, -0.05) is 32.0 Å². The van der Waals surface area contributed by atoms with Crippen LogP contribution in [0.1, 0.15) is 37.3 Å². The van der Waals surface area contributed by atoms with Gasteiger partial charge >= 0.3 is 0 Å². The maximum Gasteiger partial charge on any atom is 0.0978 e. The molecular weight excluding hydrogens is 212 g/mol. The number of hydrogen-bond donors (Lipinski definition) is 1. The van der Waals surface area contributed by atoms with Crippen LogP contribution in [0.5, 0.6) is 0 Å². The Hall–Kier alpha value is -1.06. The molecule has 1 aliphatic rings. The highest BCUT2D eigenvalue weighted by Gasteiger charge is 2.25. The number of nitrogens with two attached hydrogens (primary N) is 1. The number of benzene rings is 1. The zero-order valence-corrected chi connectivity index (χ0v) is 10.9. The number of anilines is 1. The Bertz CT molecular complexity index is 390. The first kappa shape index (κ1) is 12.4. The van der Waals surface area contributed by atoms with Crippen LogP contribution in [0.3, 0.4) is 0 Å². The molecule has 94 valence electrons. The molecule has 3 heteroatoms. The average Bonchev–Trinajstić information content (AvgIpc) is 2.76. The Morgan fingerprint density at radius 2 is 2.18 bits per heavy atom. The highest BCUT2D eigenvalue weighted by atomic mass is 16.6. The molecule has 1 aromatic rings. The van der Waals surface area contributed by atoms with Crippen molar-refractivity contribution < 1.29 is 4.84 Å². The van der Waals surface area contributed by atoms with Crippen molar-refractivity contribution in [1.82, 2.24) is 0 Å². The van der Waals surface area contributed by atoms with Gasteiger partial charge in [-0.25, -0.2) is 5.90 Å². The van der Waals surface area contributed by atoms with E-state index >= 15 is 0 Å². The molecule has 1 aromatic carbocycles. The minimum Gasteiger partial charge on any atom is -0.368 e. The largest absolute Gasteiger partial charge is 0.368 e. The van der Waals surface area contributed by atoms with E-state index in [1.807, 2.05) is 0 Å². The summed E-state index contributed by atoms with van der Waals surface area (Å²) in [6.07, 6.45) is 1.19. The molecule has 1 atom stereocenters. The molecule has 0 radical (unpaired) electrons. The molecule has 1 heterocycles. The van der Waals surface area contributed by atoms with E-state index in [0.717, 1.165) is 19.5 Å². The Kier molecular flexibility index (Phi) is 3.69. The van der Waals surface area contributed by atoms with E-state index in [0.29, 0.717) is 5.92 Å². The predicted octanol–water partition coefficient (Wildman–Crippen LogP) is 2.59. The fraction of sp³-hybridized carbons (Fsp3) is 0.571. The van der Waals surface area contributed by atoms with Crippen molar-refractivity contribution in [2.45, 2.75) is 39.2 Å². The molecule has 0 bridgehead atoms. The van der Waals surface area contributed by atoms with E-state index in [4.69, 9.17) is 10.7 Å². The van der Waals surface area contributed by atoms with E-state index in [1.165, 1.54) is 16.8 Å². The highest BCUT2D eigenvalue weighted by molar-refractivity contribution is 5.61. The number of para-hydroxylation sites is 1. The van der Waals surface area contributed by atoms with Crippen molar-refractivity contribution in [1.29, 1.82) is 0 Å². The molecule has 17 heavy (non-hydrogen) atoms. The number of nitrogens with zero attached hydrogens (tertiary/aromatic N) is 1. The molecule has 0 aromatic heterocycles. The van der Waals surface area contributed by atoms with Crippen LogP contribution >= 0.6 is 0 Å². The Balaban J connectivity index is 2.31. The number of hydrogen-bond acceptors (Lipinski definition) is 3. The third-order valence-corrected chi connectivity index (χ3v) is 3.54. The molecule has 0 aliphatic carbocycles. The van der Waals surface area contributed by atoms with Gasteiger partial charge in [-0.15, -0.1) is 0 Å². The third-order valence-electron chi connectivity index (χ3n) is 3.54. The molecule has 1 saturated heterocycles. The second-order valence-electron chi connectivity index (χ2n) is 5.16. The zero-order valence-electron chi connectivity index (χ0n) is 10.9. The van der Waals surface area contributed by atoms with Crippen LogP contribution in [-0.4, -0.2) is 19.2 Å². The standard InChI is InChI=1S/C14H22N2O/c1-10(2)13-6-4-5-11(3)14(13)16-8-7-12(9-16)17-15/h4-6,10,12H,7-9,15H2,1-3H3. The molecule has 0 spiro atoms. The van der Waals surface area contributed by atoms with E-state index < -0.39 is 0 Å². The summed E-state index contributed by atoms with van der Waals surface area (Å²) < 4.78 is 0. The van der Waals surface area contributed by atoms with E-state index in [9.17, 15) is 0 Å². The average molecular weight is 234 g/mol. The van der Waals surface area contributed by atoms with Gasteiger partial charge in [0.2, 0.25) is 0 Å². The summed E-state index contributed by atoms with van der Waals surface area (Å²) in [5, 5.41) is 0. The van der Waals surface area contributed by atoms with Gasteiger partial charge in [0.15, 0.2) is 0 Å². The smallest absolute Gasteiger partial charge is 0.0978 e. The minimum absolute atomic E-state index is 0.176. The molecule has 1 unspecified atom stereocenters. The van der Waals surface area contributed by atoms with E-state index in [1.54, 1.807) is 0 Å². The fourth-order valence-corrected chi connectivity index (χ4v) is 2.62. The second-order valence-corrected chi connectivity index (χ2v) is 5.16. The van der Waals surface area contributed by atoms with Crippen molar-refractivity contribution >= 4 is 5.69 Å². The van der Waals surface area contributed by atoms with Crippen molar-refractivity contribution in [3.8, 4) is 0 Å². The summed E-state index contributed by atoms with van der Waals surface area (Å²) in [5.74, 6) is 5.83. The predicted molar refractivity (Wildman–Crippen MR) is 71.2 cm³/mol. The molecular formula is C14H22N2O. The maximum absolute atomic E-state index is 5.28. The van der Waals surface area contributed by atoms with Crippen molar-refractivity contribution in [2.24, 2.45) is 5.90 Å². The summed E-state index contributed by atoms with van der Waals surface area (Å²) in [7, 11) is 0. The molecule has 0 amide bonds. The monoisotopic (exact) mass is 234 g/mol. The van der Waals surface area contributed by atoms with Gasteiger partial charge in [0, 0.05) is 18.8 Å². The number of aryl methyl sites for hydroxylation is 1. The van der Waals surface area contributed by atoms with Crippen LogP contribution in [0.4, 0.5) is 5.69 Å². The van der Waals surface area contributed by atoms with Gasteiger partial charge in [-0.2, -0.15) is 0 Å². The SMILES string of the molecule is Cc1cccc(C(C)C)c1N1CCC(ON)C1. The van der Waals surface area contributed by atoms with Gasteiger partial charge in [0.05, 0.1) is 6.10 Å². The minimum atomic E-state index is 0.176. The first-order chi connectivity index (χ1) is 8.13. The van der Waals surface area contributed by atoms with Gasteiger partial charge in [-0.05, 0) is 30.4 Å². The topological polar surface area (TPSA) is 38.5 Å². The van der Waals surface area contributed by atoms with Gasteiger partial charge in [0.25, 0.3) is 0 Å². The van der Waals surface area contributed by atoms with Gasteiger partial charge in [-0.3, -0.25) is 4.84 Å². The second kappa shape index (κ2) is 5.07. The molecule has 3 nitrogen and oxygen atoms in total. The Labute approximate surface area is 104 Å². The third kappa shape index (κ3) is 2.45. The van der Waals surface area contributed by atoms with E-state index in [-0.39, 0.29) is 6.10 Å². The zero-order chi connectivity index (χ0) is 12.4. The Morgan fingerprint density at radius 1 is 1.41 bits per heavy atom. The van der Waals surface area contributed by atoms with Crippen molar-refractivity contribution in [3.63, 3.8) is 0 Å². The molecule has 0 saturated carbocycles. The van der Waals surface area contributed by atoms with Crippen LogP contribution in [0.25, 0.3) is 0 Å². The quantitative estimate of drug-likeness (QED) is 0.817. The molecule has 1 fully saturated rings. The Morgan fingerprint density at radius 3 is 2.76 bits per heavy atom. The first-order valence-electron chi connectivity index (χ1n) is 6.33.